The van der Waals surface area contributed by atoms with E-state index in [1.165, 1.54) is 12.1 Å². The van der Waals surface area contributed by atoms with E-state index >= 15 is 0 Å². The first kappa shape index (κ1) is 32.3. The number of nitrogens with zero attached hydrogens (tertiary/aromatic N) is 2. The lowest BCUT2D eigenvalue weighted by atomic mass is 10.1. The molecule has 1 aromatic heterocycles. The number of aliphatic hydroxyl groups is 1. The van der Waals surface area contributed by atoms with E-state index in [-0.39, 0.29) is 21.3 Å². The normalized spacial score (nSPS) is 18.9. The highest BCUT2D eigenvalue weighted by Crippen LogP contribution is 2.35. The second-order valence-electron chi connectivity index (χ2n) is 9.98. The minimum Gasteiger partial charge on any atom is -0.390 e. The summed E-state index contributed by atoms with van der Waals surface area (Å²) in [5.41, 5.74) is 0.685. The van der Waals surface area contributed by atoms with E-state index in [4.69, 9.17) is 16.2 Å². The molecule has 11 nitrogen and oxygen atoms in total. The first-order valence-electron chi connectivity index (χ1n) is 12.3. The minimum absolute atomic E-state index is 0.0141. The number of nitro groups is 1. The molecule has 2 heterocycles. The summed E-state index contributed by atoms with van der Waals surface area (Å²) in [7, 11) is -8.05. The van der Waals surface area contributed by atoms with Crippen molar-refractivity contribution in [3.05, 3.63) is 62.7 Å². The van der Waals surface area contributed by atoms with Gasteiger partial charge in [-0.1, -0.05) is 24.6 Å². The number of β-amino-alcohol motifs (C(OH)–C–C–N with tert-alkyl or cyclic N) is 1. The van der Waals surface area contributed by atoms with E-state index in [0.717, 1.165) is 40.5 Å². The summed E-state index contributed by atoms with van der Waals surface area (Å²) in [6.45, 7) is 8.57. The number of nitrogens with one attached hydrogen (secondary N) is 1. The van der Waals surface area contributed by atoms with Crippen LogP contribution in [0, 0.1) is 29.9 Å². The Bertz CT molecular complexity index is 1610. The van der Waals surface area contributed by atoms with Gasteiger partial charge >= 0.3 is 10.1 Å². The first-order valence-corrected chi connectivity index (χ1v) is 16.4. The largest absolute Gasteiger partial charge is 0.390 e. The maximum atomic E-state index is 12.3. The number of aryl methyl sites for hydroxylation is 2. The molecule has 3 N–H and O–H groups in total. The van der Waals surface area contributed by atoms with Crippen LogP contribution in [0.2, 0.25) is 5.02 Å². The molecule has 0 bridgehead atoms. The van der Waals surface area contributed by atoms with Gasteiger partial charge in [0.2, 0.25) is 10.0 Å². The molecule has 1 fully saturated rings. The van der Waals surface area contributed by atoms with Crippen molar-refractivity contribution in [2.24, 2.45) is 5.92 Å². The zero-order valence-corrected chi connectivity index (χ0v) is 25.6. The summed E-state index contributed by atoms with van der Waals surface area (Å²) in [5, 5.41) is 22.4. The Labute approximate surface area is 242 Å². The van der Waals surface area contributed by atoms with Crippen molar-refractivity contribution in [1.82, 2.24) is 9.62 Å². The predicted molar refractivity (Wildman–Crippen MR) is 155 cm³/mol. The van der Waals surface area contributed by atoms with Crippen LogP contribution in [0.1, 0.15) is 31.4 Å². The Morgan fingerprint density at radius 2 is 1.85 bits per heavy atom. The number of likely N-dealkylation sites (tertiary alicyclic amines) is 1. The van der Waals surface area contributed by atoms with Crippen LogP contribution < -0.4 is 4.72 Å². The number of rotatable bonds is 8. The van der Waals surface area contributed by atoms with Crippen LogP contribution in [0.5, 0.6) is 0 Å². The first-order chi connectivity index (χ1) is 18.5. The number of thiophene rings is 1. The van der Waals surface area contributed by atoms with Gasteiger partial charge in [-0.3, -0.25) is 19.6 Å². The summed E-state index contributed by atoms with van der Waals surface area (Å²) in [6.07, 6.45) is 0.217. The number of hydrogen-bond donors (Lipinski definition) is 3. The lowest BCUT2D eigenvalue weighted by molar-refractivity contribution is -0.385. The zero-order chi connectivity index (χ0) is 30.0. The monoisotopic (exact) mass is 633 g/mol. The molecule has 1 saturated heterocycles. The Hall–Kier alpha value is -2.17. The average molecular weight is 634 g/mol. The molecule has 0 saturated carbocycles. The van der Waals surface area contributed by atoms with Crippen molar-refractivity contribution >= 4 is 58.9 Å². The summed E-state index contributed by atoms with van der Waals surface area (Å²) >= 11 is 6.85. The Balaban J connectivity index is 0.000000249. The average Bonchev–Trinajstić information content (AvgIpc) is 3.35. The van der Waals surface area contributed by atoms with Gasteiger partial charge in [-0.25, -0.2) is 13.1 Å². The van der Waals surface area contributed by atoms with Gasteiger partial charge in [-0.2, -0.15) is 8.42 Å². The highest BCUT2D eigenvalue weighted by atomic mass is 35.5. The fourth-order valence-electron chi connectivity index (χ4n) is 4.63. The number of benzene rings is 2. The van der Waals surface area contributed by atoms with E-state index in [1.54, 1.807) is 32.0 Å². The summed E-state index contributed by atoms with van der Waals surface area (Å²) < 4.78 is 58.8. The molecule has 15 heteroatoms. The van der Waals surface area contributed by atoms with Gasteiger partial charge in [-0.15, -0.1) is 11.3 Å². The van der Waals surface area contributed by atoms with Crippen molar-refractivity contribution in [1.29, 1.82) is 0 Å². The topological polar surface area (TPSA) is 167 Å². The number of sulfonamides is 1. The van der Waals surface area contributed by atoms with E-state index in [1.807, 2.05) is 0 Å². The molecule has 1 aliphatic heterocycles. The summed E-state index contributed by atoms with van der Waals surface area (Å²) in [5.74, 6) is 0.562. The third kappa shape index (κ3) is 7.97. The second kappa shape index (κ2) is 12.8. The van der Waals surface area contributed by atoms with Gasteiger partial charge in [0.05, 0.1) is 15.9 Å². The molecule has 2 unspecified atom stereocenters. The van der Waals surface area contributed by atoms with Crippen LogP contribution in [0.4, 0.5) is 5.69 Å². The van der Waals surface area contributed by atoms with Crippen molar-refractivity contribution in [3.63, 3.8) is 0 Å². The second-order valence-corrected chi connectivity index (χ2v) is 14.9. The number of halogens is 1. The zero-order valence-electron chi connectivity index (χ0n) is 22.4. The highest BCUT2D eigenvalue weighted by molar-refractivity contribution is 7.89. The quantitative estimate of drug-likeness (QED) is 0.185. The van der Waals surface area contributed by atoms with Crippen LogP contribution in [-0.4, -0.2) is 68.1 Å². The van der Waals surface area contributed by atoms with Gasteiger partial charge in [0.1, 0.15) is 0 Å². The Morgan fingerprint density at radius 1 is 1.18 bits per heavy atom. The lowest BCUT2D eigenvalue weighted by Gasteiger charge is -2.24. The highest BCUT2D eigenvalue weighted by Gasteiger charge is 2.28. The molecule has 4 rings (SSSR count). The molecular weight excluding hydrogens is 602 g/mol. The van der Waals surface area contributed by atoms with Crippen LogP contribution >= 0.6 is 22.9 Å². The predicted octanol–water partition coefficient (Wildman–Crippen LogP) is 4.38. The molecule has 0 amide bonds. The molecule has 3 aromatic rings. The van der Waals surface area contributed by atoms with Crippen molar-refractivity contribution < 1.29 is 31.4 Å². The van der Waals surface area contributed by atoms with Crippen LogP contribution in [0.25, 0.3) is 10.1 Å². The summed E-state index contributed by atoms with van der Waals surface area (Å²) in [4.78, 5) is 12.3. The van der Waals surface area contributed by atoms with Crippen LogP contribution in [0.15, 0.2) is 45.5 Å². The van der Waals surface area contributed by atoms with Gasteiger partial charge < -0.3 is 5.11 Å². The SMILES string of the molecule is Cc1c(S(=O)(=O)O)sc2ccc(Cl)cc12.Cc1ccc(S(=O)(=O)NC[C@H](O)CN2CC(C)CC2C)cc1[N+](=O)[O-]. The Morgan fingerprint density at radius 3 is 2.42 bits per heavy atom. The number of fused-ring (bicyclic) bond motifs is 1. The third-order valence-electron chi connectivity index (χ3n) is 6.64. The fraction of sp³-hybridized carbons (Fsp3) is 0.440. The number of hydrogen-bond acceptors (Lipinski definition) is 9. The van der Waals surface area contributed by atoms with Gasteiger partial charge in [0, 0.05) is 47.0 Å². The summed E-state index contributed by atoms with van der Waals surface area (Å²) in [6, 6.07) is 9.24. The van der Waals surface area contributed by atoms with Gasteiger partial charge in [-0.05, 0) is 68.3 Å². The van der Waals surface area contributed by atoms with E-state index < -0.39 is 31.2 Å². The minimum atomic E-state index is -4.13. The molecule has 0 radical (unpaired) electrons. The molecular formula is C25H32ClN3O8S3. The molecule has 220 valence electrons. The van der Waals surface area contributed by atoms with Crippen molar-refractivity contribution in [3.8, 4) is 0 Å². The lowest BCUT2D eigenvalue weighted by Crippen LogP contribution is -2.41. The Kier molecular flexibility index (Phi) is 10.3. The molecule has 1 aliphatic rings. The van der Waals surface area contributed by atoms with Crippen molar-refractivity contribution in [2.75, 3.05) is 19.6 Å². The molecule has 40 heavy (non-hydrogen) atoms. The third-order valence-corrected chi connectivity index (χ3v) is 11.0. The standard InChI is InChI=1S/C16H25N3O5S.C9H7ClO3S2/c1-11-6-13(3)18(9-11)10-14(20)8-17-25(23,24)15-5-4-12(2)16(7-15)19(21)22;1-5-7-4-6(10)2-3-8(7)14-9(5)15(11,12)13/h4-5,7,11,13-14,17,20H,6,8-10H2,1-3H3;2-4H,1H3,(H,11,12,13)/t11?,13?,14-;/m0./s1. The smallest absolute Gasteiger partial charge is 0.304 e. The number of aliphatic hydroxyl groups excluding tert-OH is 1. The fourth-order valence-corrected chi connectivity index (χ4v) is 8.01. The van der Waals surface area contributed by atoms with E-state index in [2.05, 4.69) is 23.5 Å². The molecule has 2 aromatic carbocycles. The molecule has 0 spiro atoms. The van der Waals surface area contributed by atoms with Gasteiger partial charge in [0.15, 0.2) is 4.21 Å². The molecule has 3 atom stereocenters. The maximum absolute atomic E-state index is 12.3. The van der Waals surface area contributed by atoms with Crippen molar-refractivity contribution in [2.45, 2.75) is 55.4 Å². The number of nitro benzene ring substituents is 1. The maximum Gasteiger partial charge on any atom is 0.304 e. The van der Waals surface area contributed by atoms with Crippen LogP contribution in [0.3, 0.4) is 0 Å². The van der Waals surface area contributed by atoms with Crippen LogP contribution in [-0.2, 0) is 20.1 Å². The van der Waals surface area contributed by atoms with E-state index in [9.17, 15) is 32.1 Å². The van der Waals surface area contributed by atoms with E-state index in [0.29, 0.717) is 34.7 Å². The van der Waals surface area contributed by atoms with Gasteiger partial charge in [0.25, 0.3) is 5.69 Å². The molecule has 0 aliphatic carbocycles.